The summed E-state index contributed by atoms with van der Waals surface area (Å²) in [5, 5.41) is 3.31. The monoisotopic (exact) mass is 432 g/mol. The molecule has 0 bridgehead atoms. The number of hydrogen-bond donors (Lipinski definition) is 1. The van der Waals surface area contributed by atoms with E-state index in [1.807, 2.05) is 24.8 Å². The molecule has 0 saturated carbocycles. The van der Waals surface area contributed by atoms with Crippen LogP contribution in [0.4, 0.5) is 19.0 Å². The van der Waals surface area contributed by atoms with Crippen molar-refractivity contribution in [2.45, 2.75) is 51.7 Å². The summed E-state index contributed by atoms with van der Waals surface area (Å²) >= 11 is 0. The summed E-state index contributed by atoms with van der Waals surface area (Å²) in [4.78, 5) is 20.4. The number of likely N-dealkylation sites (tertiary alicyclic amines) is 1. The molecule has 0 aliphatic carbocycles. The third kappa shape index (κ3) is 4.54. The molecule has 1 aromatic heterocycles. The van der Waals surface area contributed by atoms with Crippen LogP contribution in [-0.4, -0.2) is 46.2 Å². The number of nitrogens with zero attached hydrogens (tertiary/aromatic N) is 3. The Morgan fingerprint density at radius 2 is 1.97 bits per heavy atom. The Kier molecular flexibility index (Phi) is 5.92. The maximum atomic E-state index is 14.8. The number of amides is 1. The number of pyridine rings is 1. The van der Waals surface area contributed by atoms with Crippen LogP contribution in [0.5, 0.6) is 0 Å². The van der Waals surface area contributed by atoms with Crippen LogP contribution in [0.2, 0.25) is 0 Å². The van der Waals surface area contributed by atoms with Crippen molar-refractivity contribution in [1.82, 2.24) is 14.8 Å². The molecule has 3 heterocycles. The van der Waals surface area contributed by atoms with Crippen LogP contribution in [-0.2, 0) is 13.1 Å². The van der Waals surface area contributed by atoms with Crippen molar-refractivity contribution in [3.63, 3.8) is 0 Å². The first-order valence-corrected chi connectivity index (χ1v) is 10.7. The smallest absolute Gasteiger partial charge is 0.254 e. The van der Waals surface area contributed by atoms with Gasteiger partial charge in [-0.1, -0.05) is 12.1 Å². The summed E-state index contributed by atoms with van der Waals surface area (Å²) in [6, 6.07) is 6.57. The van der Waals surface area contributed by atoms with Gasteiger partial charge in [0, 0.05) is 61.9 Å². The minimum absolute atomic E-state index is 0.00137. The minimum atomic E-state index is -2.61. The molecular formula is C23H27F3N4O. The number of piperidine rings is 1. The van der Waals surface area contributed by atoms with Gasteiger partial charge in [0.15, 0.2) is 0 Å². The lowest BCUT2D eigenvalue weighted by Crippen LogP contribution is -2.39. The number of halogens is 3. The maximum Gasteiger partial charge on any atom is 0.254 e. The van der Waals surface area contributed by atoms with E-state index in [0.717, 1.165) is 11.1 Å². The summed E-state index contributed by atoms with van der Waals surface area (Å²) in [7, 11) is 0. The van der Waals surface area contributed by atoms with Gasteiger partial charge >= 0.3 is 0 Å². The SMILES string of the molecule is CCN1Cc2c(ccnc2N[C@@H](C)c2ccc(CN3CCC(F)(F)CC3)c(F)c2)C1=O. The Hall–Kier alpha value is -2.61. The number of rotatable bonds is 6. The highest BCUT2D eigenvalue weighted by molar-refractivity contribution is 5.99. The van der Waals surface area contributed by atoms with Crippen molar-refractivity contribution in [3.05, 3.63) is 58.5 Å². The molecule has 5 nitrogen and oxygen atoms in total. The molecule has 1 amide bonds. The summed E-state index contributed by atoms with van der Waals surface area (Å²) in [6.07, 6.45) is 1.25. The van der Waals surface area contributed by atoms with Crippen LogP contribution >= 0.6 is 0 Å². The molecule has 2 aliphatic heterocycles. The predicted octanol–water partition coefficient (Wildman–Crippen LogP) is 4.60. The highest BCUT2D eigenvalue weighted by Crippen LogP contribution is 2.31. The second kappa shape index (κ2) is 8.49. The Balaban J connectivity index is 1.44. The van der Waals surface area contributed by atoms with Crippen LogP contribution in [0.3, 0.4) is 0 Å². The van der Waals surface area contributed by atoms with Gasteiger partial charge in [0.2, 0.25) is 0 Å². The second-order valence-electron chi connectivity index (χ2n) is 8.35. The summed E-state index contributed by atoms with van der Waals surface area (Å²) in [5.41, 5.74) is 2.77. The molecule has 0 spiro atoms. The molecule has 2 aliphatic rings. The van der Waals surface area contributed by atoms with E-state index in [0.29, 0.717) is 36.6 Å². The Morgan fingerprint density at radius 3 is 2.65 bits per heavy atom. The molecule has 8 heteroatoms. The molecule has 1 N–H and O–H groups in total. The number of hydrogen-bond acceptors (Lipinski definition) is 4. The van der Waals surface area contributed by atoms with Gasteiger partial charge in [-0.2, -0.15) is 0 Å². The topological polar surface area (TPSA) is 48.5 Å². The van der Waals surface area contributed by atoms with Gasteiger partial charge in [-0.25, -0.2) is 18.2 Å². The first kappa shape index (κ1) is 21.6. The maximum absolute atomic E-state index is 14.8. The lowest BCUT2D eigenvalue weighted by molar-refractivity contribution is -0.0567. The first-order valence-electron chi connectivity index (χ1n) is 10.7. The molecule has 1 saturated heterocycles. The third-order valence-electron chi connectivity index (χ3n) is 6.22. The number of aromatic nitrogens is 1. The largest absolute Gasteiger partial charge is 0.363 e. The average Bonchev–Trinajstić information content (AvgIpc) is 3.07. The summed E-state index contributed by atoms with van der Waals surface area (Å²) in [6.45, 7) is 5.85. The van der Waals surface area contributed by atoms with E-state index in [2.05, 4.69) is 10.3 Å². The molecule has 166 valence electrons. The van der Waals surface area contributed by atoms with E-state index in [1.54, 1.807) is 23.2 Å². The molecule has 1 aromatic carbocycles. The second-order valence-corrected chi connectivity index (χ2v) is 8.35. The predicted molar refractivity (Wildman–Crippen MR) is 113 cm³/mol. The Labute approximate surface area is 180 Å². The average molecular weight is 432 g/mol. The minimum Gasteiger partial charge on any atom is -0.363 e. The number of anilines is 1. The zero-order valence-electron chi connectivity index (χ0n) is 17.8. The van der Waals surface area contributed by atoms with E-state index < -0.39 is 5.92 Å². The van der Waals surface area contributed by atoms with Gasteiger partial charge in [-0.3, -0.25) is 9.69 Å². The number of carbonyl (C=O) groups is 1. The third-order valence-corrected chi connectivity index (χ3v) is 6.22. The van der Waals surface area contributed by atoms with Gasteiger partial charge in [-0.15, -0.1) is 0 Å². The van der Waals surface area contributed by atoms with Gasteiger partial charge in [0.1, 0.15) is 11.6 Å². The molecular weight excluding hydrogens is 405 g/mol. The fraction of sp³-hybridized carbons (Fsp3) is 0.478. The standard InChI is InChI=1S/C23H27F3N4O/c1-3-30-14-19-18(22(30)31)6-9-27-21(19)28-15(2)16-4-5-17(20(24)12-16)13-29-10-7-23(25,26)8-11-29/h4-6,9,12,15H,3,7-8,10-11,13-14H2,1-2H3,(H,27,28)/t15-/m0/s1. The quantitative estimate of drug-likeness (QED) is 0.725. The number of alkyl halides is 2. The van der Waals surface area contributed by atoms with E-state index in [-0.39, 0.29) is 43.7 Å². The molecule has 1 atom stereocenters. The first-order chi connectivity index (χ1) is 14.8. The van der Waals surface area contributed by atoms with Gasteiger partial charge in [0.05, 0.1) is 12.6 Å². The van der Waals surface area contributed by atoms with Crippen molar-refractivity contribution < 1.29 is 18.0 Å². The molecule has 4 rings (SSSR count). The fourth-order valence-electron chi connectivity index (χ4n) is 4.19. The highest BCUT2D eigenvalue weighted by atomic mass is 19.3. The molecule has 0 unspecified atom stereocenters. The van der Waals surface area contributed by atoms with Crippen molar-refractivity contribution in [2.75, 3.05) is 25.0 Å². The van der Waals surface area contributed by atoms with Crippen molar-refractivity contribution >= 4 is 11.7 Å². The summed E-state index contributed by atoms with van der Waals surface area (Å²) < 4.78 is 41.4. The van der Waals surface area contributed by atoms with Crippen molar-refractivity contribution in [2.24, 2.45) is 0 Å². The van der Waals surface area contributed by atoms with E-state index in [9.17, 15) is 18.0 Å². The molecule has 1 fully saturated rings. The van der Waals surface area contributed by atoms with E-state index >= 15 is 0 Å². The number of nitrogens with one attached hydrogen (secondary N) is 1. The zero-order valence-corrected chi connectivity index (χ0v) is 17.8. The van der Waals surface area contributed by atoms with Crippen molar-refractivity contribution in [3.8, 4) is 0 Å². The molecule has 0 radical (unpaired) electrons. The lowest BCUT2D eigenvalue weighted by atomic mass is 10.0. The fourth-order valence-corrected chi connectivity index (χ4v) is 4.19. The summed E-state index contributed by atoms with van der Waals surface area (Å²) in [5.74, 6) is -2.32. The van der Waals surface area contributed by atoms with E-state index in [1.165, 1.54) is 6.07 Å². The zero-order chi connectivity index (χ0) is 22.2. The number of carbonyl (C=O) groups excluding carboxylic acids is 1. The van der Waals surface area contributed by atoms with Crippen LogP contribution < -0.4 is 5.32 Å². The Bertz CT molecular complexity index is 971. The normalized spacial score (nSPS) is 19.4. The highest BCUT2D eigenvalue weighted by Gasteiger charge is 2.34. The Morgan fingerprint density at radius 1 is 1.23 bits per heavy atom. The number of fused-ring (bicyclic) bond motifs is 1. The van der Waals surface area contributed by atoms with Crippen molar-refractivity contribution in [1.29, 1.82) is 0 Å². The molecule has 31 heavy (non-hydrogen) atoms. The van der Waals surface area contributed by atoms with E-state index in [4.69, 9.17) is 0 Å². The van der Waals surface area contributed by atoms with Gasteiger partial charge in [-0.05, 0) is 31.5 Å². The van der Waals surface area contributed by atoms with Gasteiger partial charge < -0.3 is 10.2 Å². The van der Waals surface area contributed by atoms with Crippen LogP contribution in [0.15, 0.2) is 30.5 Å². The lowest BCUT2D eigenvalue weighted by Gasteiger charge is -2.31. The number of benzene rings is 1. The molecule has 2 aromatic rings. The van der Waals surface area contributed by atoms with Crippen LogP contribution in [0.1, 0.15) is 59.8 Å². The van der Waals surface area contributed by atoms with Crippen LogP contribution in [0.25, 0.3) is 0 Å². The van der Waals surface area contributed by atoms with Gasteiger partial charge in [0.25, 0.3) is 11.8 Å². The van der Waals surface area contributed by atoms with Crippen LogP contribution in [0, 0.1) is 5.82 Å².